The van der Waals surface area contributed by atoms with Gasteiger partial charge in [-0.2, -0.15) is 0 Å². The first-order chi connectivity index (χ1) is 9.54. The summed E-state index contributed by atoms with van der Waals surface area (Å²) in [6.45, 7) is 4.37. The van der Waals surface area contributed by atoms with Gasteiger partial charge in [0.25, 0.3) is 0 Å². The fourth-order valence-corrected chi connectivity index (χ4v) is 2.49. The van der Waals surface area contributed by atoms with E-state index in [1.165, 1.54) is 12.8 Å². The van der Waals surface area contributed by atoms with Crippen LogP contribution in [-0.2, 0) is 9.53 Å². The summed E-state index contributed by atoms with van der Waals surface area (Å²) in [5.74, 6) is -1.00. The molecule has 0 heterocycles. The monoisotopic (exact) mass is 286 g/mol. The van der Waals surface area contributed by atoms with Crippen LogP contribution in [0.3, 0.4) is 0 Å². The zero-order chi connectivity index (χ0) is 15.0. The third-order valence-electron chi connectivity index (χ3n) is 4.01. The third kappa shape index (κ3) is 4.67. The first-order valence-corrected chi connectivity index (χ1v) is 7.45. The number of hydrogen-bond donors (Lipinski definition) is 3. The summed E-state index contributed by atoms with van der Waals surface area (Å²) >= 11 is 0. The van der Waals surface area contributed by atoms with Crippen LogP contribution in [0.1, 0.15) is 52.4 Å². The van der Waals surface area contributed by atoms with Gasteiger partial charge in [0.1, 0.15) is 5.54 Å². The quantitative estimate of drug-likeness (QED) is 0.595. The van der Waals surface area contributed by atoms with Crippen molar-refractivity contribution in [3.63, 3.8) is 0 Å². The van der Waals surface area contributed by atoms with Gasteiger partial charge in [-0.25, -0.2) is 9.59 Å². The van der Waals surface area contributed by atoms with Crippen LogP contribution in [0.25, 0.3) is 0 Å². The van der Waals surface area contributed by atoms with E-state index in [2.05, 4.69) is 10.6 Å². The summed E-state index contributed by atoms with van der Waals surface area (Å²) in [5, 5.41) is 14.4. The van der Waals surface area contributed by atoms with E-state index in [1.54, 1.807) is 13.8 Å². The van der Waals surface area contributed by atoms with Gasteiger partial charge in [0.2, 0.25) is 0 Å². The second kappa shape index (κ2) is 8.09. The number of hydrogen-bond acceptors (Lipinski definition) is 3. The molecule has 0 aliphatic heterocycles. The van der Waals surface area contributed by atoms with Crippen molar-refractivity contribution in [3.05, 3.63) is 0 Å². The molecule has 6 nitrogen and oxygen atoms in total. The van der Waals surface area contributed by atoms with Gasteiger partial charge >= 0.3 is 12.0 Å². The van der Waals surface area contributed by atoms with Crippen LogP contribution < -0.4 is 10.6 Å². The Morgan fingerprint density at radius 2 is 1.85 bits per heavy atom. The number of nitrogens with one attached hydrogen (secondary N) is 2. The summed E-state index contributed by atoms with van der Waals surface area (Å²) in [6, 6.07) is -0.453. The second-order valence-electron chi connectivity index (χ2n) is 5.25. The highest BCUT2D eigenvalue weighted by Crippen LogP contribution is 2.20. The van der Waals surface area contributed by atoms with Crippen LogP contribution >= 0.6 is 0 Å². The Hall–Kier alpha value is -1.30. The lowest BCUT2D eigenvalue weighted by Crippen LogP contribution is -2.56. The molecule has 0 aromatic rings. The highest BCUT2D eigenvalue weighted by atomic mass is 16.5. The number of carboxylic acid groups (broad SMARTS) is 1. The number of rotatable bonds is 8. The summed E-state index contributed by atoms with van der Waals surface area (Å²) in [6.07, 6.45) is 5.65. The molecule has 0 bridgehead atoms. The van der Waals surface area contributed by atoms with Crippen molar-refractivity contribution in [1.82, 2.24) is 10.6 Å². The number of carboxylic acids is 1. The Morgan fingerprint density at radius 1 is 1.25 bits per heavy atom. The van der Waals surface area contributed by atoms with Crippen LogP contribution in [0.4, 0.5) is 4.79 Å². The number of amides is 2. The SMILES string of the molecule is CCC(CC)(NC(=O)NCCOC1CCCC1)C(=O)O. The average molecular weight is 286 g/mol. The zero-order valence-corrected chi connectivity index (χ0v) is 12.4. The molecule has 1 aliphatic rings. The van der Waals surface area contributed by atoms with E-state index in [0.717, 1.165) is 12.8 Å². The topological polar surface area (TPSA) is 87.7 Å². The highest BCUT2D eigenvalue weighted by molar-refractivity contribution is 5.86. The fourth-order valence-electron chi connectivity index (χ4n) is 2.49. The zero-order valence-electron chi connectivity index (χ0n) is 12.4. The molecule has 6 heteroatoms. The molecule has 1 saturated carbocycles. The maximum atomic E-state index is 11.7. The van der Waals surface area contributed by atoms with Gasteiger partial charge in [0.05, 0.1) is 12.7 Å². The minimum atomic E-state index is -1.18. The van der Waals surface area contributed by atoms with Crippen LogP contribution in [0, 0.1) is 0 Å². The average Bonchev–Trinajstić information content (AvgIpc) is 2.94. The van der Waals surface area contributed by atoms with Crippen molar-refractivity contribution in [1.29, 1.82) is 0 Å². The molecule has 1 aliphatic carbocycles. The number of carbonyl (C=O) groups excluding carboxylic acids is 1. The normalized spacial score (nSPS) is 16.1. The largest absolute Gasteiger partial charge is 0.480 e. The van der Waals surface area contributed by atoms with Crippen molar-refractivity contribution in [2.24, 2.45) is 0 Å². The predicted molar refractivity (Wildman–Crippen MR) is 75.7 cm³/mol. The van der Waals surface area contributed by atoms with Crippen LogP contribution in [-0.4, -0.2) is 41.9 Å². The highest BCUT2D eigenvalue weighted by Gasteiger charge is 2.36. The van der Waals surface area contributed by atoms with E-state index in [0.29, 0.717) is 32.1 Å². The van der Waals surface area contributed by atoms with Gasteiger partial charge in [-0.3, -0.25) is 0 Å². The molecule has 0 radical (unpaired) electrons. The summed E-state index contributed by atoms with van der Waals surface area (Å²) in [7, 11) is 0. The molecule has 0 atom stereocenters. The number of carbonyl (C=O) groups is 2. The number of ether oxygens (including phenoxy) is 1. The predicted octanol–water partition coefficient (Wildman–Crippen LogP) is 1.89. The van der Waals surface area contributed by atoms with Gasteiger partial charge in [-0.1, -0.05) is 26.7 Å². The Labute approximate surface area is 120 Å². The standard InChI is InChI=1S/C14H26N2O4/c1-3-14(4-2,12(17)18)16-13(19)15-9-10-20-11-7-5-6-8-11/h11H,3-10H2,1-2H3,(H,17,18)(H2,15,16,19). The third-order valence-corrected chi connectivity index (χ3v) is 4.01. The minimum absolute atomic E-state index is 0.323. The van der Waals surface area contributed by atoms with E-state index >= 15 is 0 Å². The molecule has 0 aromatic carbocycles. The van der Waals surface area contributed by atoms with Gasteiger partial charge in [0.15, 0.2) is 0 Å². The van der Waals surface area contributed by atoms with Crippen LogP contribution in [0.2, 0.25) is 0 Å². The molecule has 20 heavy (non-hydrogen) atoms. The molecule has 116 valence electrons. The Morgan fingerprint density at radius 3 is 2.35 bits per heavy atom. The molecule has 0 unspecified atom stereocenters. The van der Waals surface area contributed by atoms with E-state index in [-0.39, 0.29) is 0 Å². The Bertz CT molecular complexity index is 323. The van der Waals surface area contributed by atoms with E-state index < -0.39 is 17.5 Å². The van der Waals surface area contributed by atoms with Gasteiger partial charge in [-0.15, -0.1) is 0 Å². The van der Waals surface area contributed by atoms with Gasteiger partial charge in [-0.05, 0) is 25.7 Å². The van der Waals surface area contributed by atoms with Crippen molar-refractivity contribution >= 4 is 12.0 Å². The number of urea groups is 1. The van der Waals surface area contributed by atoms with E-state index in [9.17, 15) is 14.7 Å². The summed E-state index contributed by atoms with van der Waals surface area (Å²) < 4.78 is 5.62. The lowest BCUT2D eigenvalue weighted by molar-refractivity contribution is -0.144. The van der Waals surface area contributed by atoms with E-state index in [4.69, 9.17) is 4.74 Å². The smallest absolute Gasteiger partial charge is 0.329 e. The van der Waals surface area contributed by atoms with Crippen molar-refractivity contribution in [2.75, 3.05) is 13.2 Å². The van der Waals surface area contributed by atoms with Crippen LogP contribution in [0.5, 0.6) is 0 Å². The molecule has 0 spiro atoms. The molecule has 1 rings (SSSR count). The van der Waals surface area contributed by atoms with Crippen molar-refractivity contribution < 1.29 is 19.4 Å². The Balaban J connectivity index is 2.25. The van der Waals surface area contributed by atoms with E-state index in [1.807, 2.05) is 0 Å². The minimum Gasteiger partial charge on any atom is -0.480 e. The second-order valence-corrected chi connectivity index (χ2v) is 5.25. The summed E-state index contributed by atoms with van der Waals surface area (Å²) in [5.41, 5.74) is -1.18. The summed E-state index contributed by atoms with van der Waals surface area (Å²) in [4.78, 5) is 23.0. The first kappa shape index (κ1) is 16.8. The lowest BCUT2D eigenvalue weighted by atomic mass is 9.93. The van der Waals surface area contributed by atoms with Gasteiger partial charge in [0, 0.05) is 6.54 Å². The maximum absolute atomic E-state index is 11.7. The molecule has 1 fully saturated rings. The lowest BCUT2D eigenvalue weighted by Gasteiger charge is -2.28. The molecule has 3 N–H and O–H groups in total. The van der Waals surface area contributed by atoms with Gasteiger partial charge < -0.3 is 20.5 Å². The fraction of sp³-hybridized carbons (Fsp3) is 0.857. The molecule has 0 saturated heterocycles. The molecule has 0 aromatic heterocycles. The molecular weight excluding hydrogens is 260 g/mol. The number of aliphatic carboxylic acids is 1. The Kier molecular flexibility index (Phi) is 6.78. The molecule has 2 amide bonds. The van der Waals surface area contributed by atoms with Crippen LogP contribution in [0.15, 0.2) is 0 Å². The molecular formula is C14H26N2O4. The van der Waals surface area contributed by atoms with Crippen molar-refractivity contribution in [2.45, 2.75) is 64.0 Å². The first-order valence-electron chi connectivity index (χ1n) is 7.45. The van der Waals surface area contributed by atoms with Crippen molar-refractivity contribution in [3.8, 4) is 0 Å². The maximum Gasteiger partial charge on any atom is 0.329 e.